The van der Waals surface area contributed by atoms with Crippen LogP contribution < -0.4 is 0 Å². The fourth-order valence-electron chi connectivity index (χ4n) is 1.32. The Morgan fingerprint density at radius 3 is 2.42 bits per heavy atom. The van der Waals surface area contributed by atoms with Crippen molar-refractivity contribution in [2.45, 2.75) is 39.2 Å². The molecular weight excluding hydrogens is 244 g/mol. The standard InChI is InChI=1S/C15H21O4/c1-5-12-6-8-13(9-7-12)14(16)19-18-11-10-15(2,3)17-4/h6-9,11H,5,10H2,1-4H3. The zero-order valence-corrected chi connectivity index (χ0v) is 11.9. The maximum Gasteiger partial charge on any atom is 0.373 e. The minimum absolute atomic E-state index is 0.338. The summed E-state index contributed by atoms with van der Waals surface area (Å²) in [6, 6.07) is 7.25. The van der Waals surface area contributed by atoms with Gasteiger partial charge in [0, 0.05) is 13.5 Å². The van der Waals surface area contributed by atoms with Crippen LogP contribution in [0.15, 0.2) is 24.3 Å². The third kappa shape index (κ3) is 5.41. The van der Waals surface area contributed by atoms with Crippen LogP contribution in [0.4, 0.5) is 0 Å². The second-order valence-corrected chi connectivity index (χ2v) is 4.85. The molecule has 1 rings (SSSR count). The quantitative estimate of drug-likeness (QED) is 0.431. The van der Waals surface area contributed by atoms with Gasteiger partial charge in [0.1, 0.15) is 6.61 Å². The van der Waals surface area contributed by atoms with Crippen LogP contribution >= 0.6 is 0 Å². The minimum atomic E-state index is -0.505. The molecule has 0 spiro atoms. The number of rotatable bonds is 7. The molecule has 1 radical (unpaired) electrons. The molecule has 105 valence electrons. The molecule has 0 aliphatic heterocycles. The van der Waals surface area contributed by atoms with Crippen molar-refractivity contribution in [1.29, 1.82) is 0 Å². The van der Waals surface area contributed by atoms with Gasteiger partial charge in [-0.3, -0.25) is 4.89 Å². The molecule has 0 amide bonds. The van der Waals surface area contributed by atoms with E-state index in [1.165, 1.54) is 12.2 Å². The van der Waals surface area contributed by atoms with Gasteiger partial charge in [0.25, 0.3) is 0 Å². The lowest BCUT2D eigenvalue weighted by Crippen LogP contribution is -2.22. The fraction of sp³-hybridized carbons (Fsp3) is 0.467. The summed E-state index contributed by atoms with van der Waals surface area (Å²) in [7, 11) is 1.62. The lowest BCUT2D eigenvalue weighted by atomic mass is 10.1. The van der Waals surface area contributed by atoms with E-state index in [2.05, 4.69) is 6.92 Å². The van der Waals surface area contributed by atoms with E-state index in [4.69, 9.17) is 14.5 Å². The zero-order valence-electron chi connectivity index (χ0n) is 11.9. The van der Waals surface area contributed by atoms with Crippen LogP contribution in [0.2, 0.25) is 0 Å². The second kappa shape index (κ2) is 7.26. The first-order valence-corrected chi connectivity index (χ1v) is 6.32. The maximum atomic E-state index is 11.6. The Hall–Kier alpha value is -1.39. The van der Waals surface area contributed by atoms with Crippen molar-refractivity contribution in [3.8, 4) is 0 Å². The Morgan fingerprint density at radius 2 is 1.89 bits per heavy atom. The number of ether oxygens (including phenoxy) is 1. The molecule has 0 heterocycles. The number of aryl methyl sites for hydroxylation is 1. The van der Waals surface area contributed by atoms with Crippen molar-refractivity contribution in [1.82, 2.24) is 0 Å². The topological polar surface area (TPSA) is 44.8 Å². The van der Waals surface area contributed by atoms with Crippen molar-refractivity contribution in [3.05, 3.63) is 42.0 Å². The molecule has 0 saturated carbocycles. The van der Waals surface area contributed by atoms with Gasteiger partial charge in [0.15, 0.2) is 0 Å². The van der Waals surface area contributed by atoms with Crippen molar-refractivity contribution in [2.24, 2.45) is 0 Å². The molecule has 0 saturated heterocycles. The summed E-state index contributed by atoms with van der Waals surface area (Å²) in [4.78, 5) is 21.1. The average Bonchev–Trinajstić information content (AvgIpc) is 2.43. The van der Waals surface area contributed by atoms with E-state index >= 15 is 0 Å². The lowest BCUT2D eigenvalue weighted by Gasteiger charge is -2.21. The molecule has 0 aliphatic carbocycles. The molecule has 4 heteroatoms. The van der Waals surface area contributed by atoms with E-state index in [1.54, 1.807) is 19.2 Å². The monoisotopic (exact) mass is 265 g/mol. The molecule has 0 atom stereocenters. The molecule has 0 bridgehead atoms. The van der Waals surface area contributed by atoms with Crippen LogP contribution in [0.3, 0.4) is 0 Å². The molecule has 0 aliphatic rings. The van der Waals surface area contributed by atoms with Crippen LogP contribution in [-0.4, -0.2) is 18.7 Å². The Bertz CT molecular complexity index is 395. The molecule has 1 aromatic rings. The van der Waals surface area contributed by atoms with Crippen LogP contribution in [0.25, 0.3) is 0 Å². The highest BCUT2D eigenvalue weighted by Crippen LogP contribution is 2.15. The smallest absolute Gasteiger partial charge is 0.373 e. The van der Waals surface area contributed by atoms with Gasteiger partial charge in [-0.2, -0.15) is 4.89 Å². The van der Waals surface area contributed by atoms with E-state index in [-0.39, 0.29) is 5.60 Å². The van der Waals surface area contributed by atoms with Gasteiger partial charge in [-0.25, -0.2) is 4.79 Å². The minimum Gasteiger partial charge on any atom is -0.379 e. The lowest BCUT2D eigenvalue weighted by molar-refractivity contribution is -0.218. The van der Waals surface area contributed by atoms with Crippen molar-refractivity contribution < 1.29 is 19.3 Å². The maximum absolute atomic E-state index is 11.6. The second-order valence-electron chi connectivity index (χ2n) is 4.85. The summed E-state index contributed by atoms with van der Waals surface area (Å²) in [6.45, 7) is 7.31. The van der Waals surface area contributed by atoms with Gasteiger partial charge in [0.05, 0.1) is 11.2 Å². The van der Waals surface area contributed by atoms with Crippen LogP contribution in [0.1, 0.15) is 43.1 Å². The third-order valence-electron chi connectivity index (χ3n) is 2.92. The van der Waals surface area contributed by atoms with Gasteiger partial charge in [0.2, 0.25) is 0 Å². The highest BCUT2D eigenvalue weighted by molar-refractivity contribution is 5.88. The number of hydrogen-bond donors (Lipinski definition) is 0. The first-order valence-electron chi connectivity index (χ1n) is 6.32. The van der Waals surface area contributed by atoms with Crippen molar-refractivity contribution in [2.75, 3.05) is 7.11 Å². The number of methoxy groups -OCH3 is 1. The summed E-state index contributed by atoms with van der Waals surface area (Å²) in [5, 5.41) is 0. The molecule has 1 aromatic carbocycles. The molecule has 19 heavy (non-hydrogen) atoms. The number of carbonyl (C=O) groups excluding carboxylic acids is 1. The fourth-order valence-corrected chi connectivity index (χ4v) is 1.32. The highest BCUT2D eigenvalue weighted by Gasteiger charge is 2.17. The van der Waals surface area contributed by atoms with Gasteiger partial charge in [-0.1, -0.05) is 19.1 Å². The number of benzene rings is 1. The Labute approximate surface area is 114 Å². The molecule has 0 N–H and O–H groups in total. The van der Waals surface area contributed by atoms with Crippen LogP contribution in [0.5, 0.6) is 0 Å². The van der Waals surface area contributed by atoms with E-state index in [0.717, 1.165) is 6.42 Å². The van der Waals surface area contributed by atoms with Crippen LogP contribution in [0, 0.1) is 6.61 Å². The summed E-state index contributed by atoms with van der Waals surface area (Å²) in [6.07, 6.45) is 1.46. The predicted octanol–water partition coefficient (Wildman–Crippen LogP) is 3.31. The first-order chi connectivity index (χ1) is 8.98. The normalized spacial score (nSPS) is 11.4. The van der Waals surface area contributed by atoms with Gasteiger partial charge in [-0.15, -0.1) is 0 Å². The molecule has 0 unspecified atom stereocenters. The van der Waals surface area contributed by atoms with E-state index in [1.807, 2.05) is 26.0 Å². The highest BCUT2D eigenvalue weighted by atomic mass is 17.2. The van der Waals surface area contributed by atoms with Crippen molar-refractivity contribution in [3.63, 3.8) is 0 Å². The molecule has 4 nitrogen and oxygen atoms in total. The first kappa shape index (κ1) is 15.7. The largest absolute Gasteiger partial charge is 0.379 e. The van der Waals surface area contributed by atoms with Crippen molar-refractivity contribution >= 4 is 5.97 Å². The Kier molecular flexibility index (Phi) is 5.99. The summed E-state index contributed by atoms with van der Waals surface area (Å²) >= 11 is 0. The predicted molar refractivity (Wildman–Crippen MR) is 72.3 cm³/mol. The summed E-state index contributed by atoms with van der Waals surface area (Å²) in [5.41, 5.74) is 1.30. The Balaban J connectivity index is 2.35. The van der Waals surface area contributed by atoms with E-state index in [9.17, 15) is 4.79 Å². The average molecular weight is 265 g/mol. The summed E-state index contributed by atoms with van der Waals surface area (Å²) in [5.74, 6) is -0.505. The van der Waals surface area contributed by atoms with Gasteiger partial charge < -0.3 is 4.74 Å². The number of hydrogen-bond acceptors (Lipinski definition) is 4. The zero-order chi connectivity index (χ0) is 14.3. The SMILES string of the molecule is CCc1ccc(C(=O)OO[CH]CC(C)(C)OC)cc1. The summed E-state index contributed by atoms with van der Waals surface area (Å²) < 4.78 is 5.20. The van der Waals surface area contributed by atoms with E-state index < -0.39 is 5.97 Å². The number of carbonyl (C=O) groups is 1. The molecular formula is C15H21O4. The van der Waals surface area contributed by atoms with Gasteiger partial charge >= 0.3 is 5.97 Å². The van der Waals surface area contributed by atoms with E-state index in [0.29, 0.717) is 12.0 Å². The third-order valence-corrected chi connectivity index (χ3v) is 2.92. The molecule has 0 fully saturated rings. The molecule has 0 aromatic heterocycles. The Morgan fingerprint density at radius 1 is 1.26 bits per heavy atom. The van der Waals surface area contributed by atoms with Crippen LogP contribution in [-0.2, 0) is 20.9 Å². The van der Waals surface area contributed by atoms with Gasteiger partial charge in [-0.05, 0) is 38.0 Å².